The van der Waals surface area contributed by atoms with Crippen molar-refractivity contribution in [2.75, 3.05) is 38.2 Å². The summed E-state index contributed by atoms with van der Waals surface area (Å²) in [6.07, 6.45) is 0. The van der Waals surface area contributed by atoms with Gasteiger partial charge in [0.1, 0.15) is 10.9 Å². The topological polar surface area (TPSA) is 33.5 Å². The van der Waals surface area contributed by atoms with E-state index in [4.69, 9.17) is 16.3 Å². The highest BCUT2D eigenvalue weighted by molar-refractivity contribution is 6.30. The molecule has 5 nitrogen and oxygen atoms in total. The molecule has 0 radical (unpaired) electrons. The summed E-state index contributed by atoms with van der Waals surface area (Å²) in [6, 6.07) is 18.3. The number of piperazine rings is 1. The van der Waals surface area contributed by atoms with Gasteiger partial charge in [-0.25, -0.2) is 4.68 Å². The Morgan fingerprint density at radius 2 is 1.68 bits per heavy atom. The van der Waals surface area contributed by atoms with E-state index in [0.29, 0.717) is 5.15 Å². The molecule has 0 atom stereocenters. The van der Waals surface area contributed by atoms with E-state index >= 15 is 0 Å². The Bertz CT molecular complexity index is 933. The number of rotatable bonds is 5. The van der Waals surface area contributed by atoms with Crippen LogP contribution in [0.1, 0.15) is 11.3 Å². The van der Waals surface area contributed by atoms with E-state index in [1.165, 1.54) is 5.69 Å². The maximum absolute atomic E-state index is 6.69. The van der Waals surface area contributed by atoms with Crippen LogP contribution in [-0.4, -0.2) is 48.0 Å². The molecule has 28 heavy (non-hydrogen) atoms. The lowest BCUT2D eigenvalue weighted by Gasteiger charge is -2.36. The molecular formula is C22H25ClN4O. The molecule has 0 aliphatic carbocycles. The molecule has 1 fully saturated rings. The van der Waals surface area contributed by atoms with Gasteiger partial charge in [-0.15, -0.1) is 0 Å². The average Bonchev–Trinajstić information content (AvgIpc) is 3.03. The highest BCUT2D eigenvalue weighted by atomic mass is 35.5. The van der Waals surface area contributed by atoms with Crippen LogP contribution in [0, 0.1) is 6.92 Å². The Morgan fingerprint density at radius 1 is 0.964 bits per heavy atom. The number of aromatic nitrogens is 2. The molecule has 1 aromatic heterocycles. The lowest BCUT2D eigenvalue weighted by atomic mass is 10.2. The van der Waals surface area contributed by atoms with Gasteiger partial charge < -0.3 is 9.64 Å². The van der Waals surface area contributed by atoms with Crippen LogP contribution in [0.2, 0.25) is 5.15 Å². The third-order valence-corrected chi connectivity index (χ3v) is 5.68. The Balaban J connectivity index is 1.43. The van der Waals surface area contributed by atoms with Gasteiger partial charge in [0.05, 0.1) is 18.5 Å². The number of benzene rings is 2. The predicted molar refractivity (Wildman–Crippen MR) is 114 cm³/mol. The van der Waals surface area contributed by atoms with E-state index in [2.05, 4.69) is 27.0 Å². The molecule has 2 heterocycles. The molecule has 1 aliphatic heterocycles. The number of anilines is 1. The van der Waals surface area contributed by atoms with Gasteiger partial charge in [0.15, 0.2) is 0 Å². The fraction of sp³-hybridized carbons (Fsp3) is 0.318. The van der Waals surface area contributed by atoms with Crippen LogP contribution in [0.3, 0.4) is 0 Å². The van der Waals surface area contributed by atoms with Crippen LogP contribution in [-0.2, 0) is 6.54 Å². The number of methoxy groups -OCH3 is 1. The van der Waals surface area contributed by atoms with Crippen LogP contribution < -0.4 is 9.64 Å². The van der Waals surface area contributed by atoms with E-state index in [1.54, 1.807) is 7.11 Å². The van der Waals surface area contributed by atoms with Crippen molar-refractivity contribution in [2.45, 2.75) is 13.5 Å². The number of hydrogen-bond donors (Lipinski definition) is 0. The maximum Gasteiger partial charge on any atom is 0.137 e. The van der Waals surface area contributed by atoms with Crippen molar-refractivity contribution in [3.05, 3.63) is 71.0 Å². The van der Waals surface area contributed by atoms with Crippen molar-refractivity contribution >= 4 is 17.3 Å². The van der Waals surface area contributed by atoms with Crippen LogP contribution in [0.4, 0.5) is 5.69 Å². The lowest BCUT2D eigenvalue weighted by molar-refractivity contribution is 0.249. The highest BCUT2D eigenvalue weighted by Crippen LogP contribution is 2.26. The number of para-hydroxylation sites is 1. The van der Waals surface area contributed by atoms with Gasteiger partial charge in [-0.05, 0) is 31.2 Å². The summed E-state index contributed by atoms with van der Waals surface area (Å²) >= 11 is 6.69. The van der Waals surface area contributed by atoms with Gasteiger partial charge in [0.25, 0.3) is 0 Å². The summed E-state index contributed by atoms with van der Waals surface area (Å²) in [7, 11) is 1.71. The first-order valence-corrected chi connectivity index (χ1v) is 9.94. The fourth-order valence-electron chi connectivity index (χ4n) is 3.65. The Hall–Kier alpha value is -2.50. The lowest BCUT2D eigenvalue weighted by Crippen LogP contribution is -2.46. The van der Waals surface area contributed by atoms with Gasteiger partial charge >= 0.3 is 0 Å². The second kappa shape index (κ2) is 8.25. The molecule has 2 aromatic carbocycles. The summed E-state index contributed by atoms with van der Waals surface area (Å²) < 4.78 is 7.18. The van der Waals surface area contributed by atoms with Crippen molar-refractivity contribution in [3.63, 3.8) is 0 Å². The summed E-state index contributed by atoms with van der Waals surface area (Å²) in [6.45, 7) is 6.80. The number of ether oxygens (including phenoxy) is 1. The molecule has 0 amide bonds. The van der Waals surface area contributed by atoms with E-state index in [9.17, 15) is 0 Å². The third kappa shape index (κ3) is 3.86. The molecule has 0 unspecified atom stereocenters. The highest BCUT2D eigenvalue weighted by Gasteiger charge is 2.21. The minimum Gasteiger partial charge on any atom is -0.497 e. The van der Waals surface area contributed by atoms with Crippen molar-refractivity contribution in [1.29, 1.82) is 0 Å². The molecule has 6 heteroatoms. The number of hydrogen-bond acceptors (Lipinski definition) is 4. The molecular weight excluding hydrogens is 372 g/mol. The first kappa shape index (κ1) is 18.8. The Morgan fingerprint density at radius 3 is 2.39 bits per heavy atom. The molecule has 0 N–H and O–H groups in total. The predicted octanol–water partition coefficient (Wildman–Crippen LogP) is 4.16. The molecule has 0 bridgehead atoms. The van der Waals surface area contributed by atoms with Gasteiger partial charge in [0.2, 0.25) is 0 Å². The van der Waals surface area contributed by atoms with Crippen molar-refractivity contribution in [2.24, 2.45) is 0 Å². The fourth-order valence-corrected chi connectivity index (χ4v) is 3.98. The van der Waals surface area contributed by atoms with Crippen LogP contribution in [0.15, 0.2) is 54.6 Å². The van der Waals surface area contributed by atoms with Gasteiger partial charge in [0, 0.05) is 50.0 Å². The molecule has 1 saturated heterocycles. The van der Waals surface area contributed by atoms with Crippen molar-refractivity contribution in [3.8, 4) is 11.4 Å². The third-order valence-electron chi connectivity index (χ3n) is 5.29. The van der Waals surface area contributed by atoms with Crippen LogP contribution in [0.25, 0.3) is 5.69 Å². The molecule has 0 saturated carbocycles. The molecule has 146 valence electrons. The Kier molecular flexibility index (Phi) is 5.55. The average molecular weight is 397 g/mol. The van der Waals surface area contributed by atoms with Crippen LogP contribution >= 0.6 is 11.6 Å². The zero-order valence-electron chi connectivity index (χ0n) is 16.3. The summed E-state index contributed by atoms with van der Waals surface area (Å²) in [5, 5.41) is 5.37. The van der Waals surface area contributed by atoms with Crippen LogP contribution in [0.5, 0.6) is 5.75 Å². The summed E-state index contributed by atoms with van der Waals surface area (Å²) in [5.74, 6) is 0.899. The van der Waals surface area contributed by atoms with E-state index in [1.807, 2.05) is 54.1 Å². The minimum atomic E-state index is 0.707. The molecule has 0 spiro atoms. The van der Waals surface area contributed by atoms with E-state index in [-0.39, 0.29) is 0 Å². The first-order chi connectivity index (χ1) is 13.7. The number of halogens is 1. The quantitative estimate of drug-likeness (QED) is 0.648. The van der Waals surface area contributed by atoms with Gasteiger partial charge in [-0.2, -0.15) is 5.10 Å². The zero-order chi connectivity index (χ0) is 19.5. The monoisotopic (exact) mass is 396 g/mol. The van der Waals surface area contributed by atoms with Crippen molar-refractivity contribution < 1.29 is 4.74 Å². The first-order valence-electron chi connectivity index (χ1n) is 9.56. The smallest absolute Gasteiger partial charge is 0.137 e. The molecule has 4 rings (SSSR count). The second-order valence-corrected chi connectivity index (χ2v) is 7.42. The SMILES string of the molecule is COc1cccc(N2CCN(Cc3c(C)nn(-c4ccccc4)c3Cl)CC2)c1. The standard InChI is InChI=1S/C22H25ClN4O/c1-17-21(22(23)27(24-17)18-7-4-3-5-8-18)16-25-11-13-26(14-12-25)19-9-6-10-20(15-19)28-2/h3-10,15H,11-14,16H2,1-2H3. The minimum absolute atomic E-state index is 0.707. The zero-order valence-corrected chi connectivity index (χ0v) is 17.1. The second-order valence-electron chi connectivity index (χ2n) is 7.07. The Labute approximate surface area is 171 Å². The van der Waals surface area contributed by atoms with Gasteiger partial charge in [-0.1, -0.05) is 35.9 Å². The van der Waals surface area contributed by atoms with Gasteiger partial charge in [-0.3, -0.25) is 4.90 Å². The van der Waals surface area contributed by atoms with Crippen molar-refractivity contribution in [1.82, 2.24) is 14.7 Å². The maximum atomic E-state index is 6.69. The largest absolute Gasteiger partial charge is 0.497 e. The molecule has 3 aromatic rings. The summed E-state index contributed by atoms with van der Waals surface area (Å²) in [4.78, 5) is 4.85. The number of nitrogens with zero attached hydrogens (tertiary/aromatic N) is 4. The normalized spacial score (nSPS) is 15.0. The van der Waals surface area contributed by atoms with E-state index < -0.39 is 0 Å². The summed E-state index contributed by atoms with van der Waals surface area (Å²) in [5.41, 5.74) is 4.30. The van der Waals surface area contributed by atoms with E-state index in [0.717, 1.165) is 55.4 Å². The number of aryl methyl sites for hydroxylation is 1. The molecule has 1 aliphatic rings.